The lowest BCUT2D eigenvalue weighted by Crippen LogP contribution is -2.03. The molecule has 0 spiro atoms. The number of carbonyl (C=O) groups excluding carboxylic acids is 1. The SMILES string of the molecule is CCc1cc(C)cc(C)c1CC(C)=O. The molecule has 0 saturated carbocycles. The number of carbonyl (C=O) groups is 1. The summed E-state index contributed by atoms with van der Waals surface area (Å²) in [4.78, 5) is 11.1. The van der Waals surface area contributed by atoms with Gasteiger partial charge in [0.15, 0.2) is 0 Å². The van der Waals surface area contributed by atoms with E-state index in [0.29, 0.717) is 6.42 Å². The highest BCUT2D eigenvalue weighted by Gasteiger charge is 2.07. The van der Waals surface area contributed by atoms with Crippen LogP contribution < -0.4 is 0 Å². The zero-order valence-corrected chi connectivity index (χ0v) is 9.48. The Hall–Kier alpha value is -1.11. The second-order valence-electron chi connectivity index (χ2n) is 3.95. The maximum absolute atomic E-state index is 11.1. The fourth-order valence-electron chi connectivity index (χ4n) is 1.90. The minimum Gasteiger partial charge on any atom is -0.300 e. The minimum atomic E-state index is 0.242. The third kappa shape index (κ3) is 2.44. The highest BCUT2D eigenvalue weighted by atomic mass is 16.1. The van der Waals surface area contributed by atoms with E-state index in [1.165, 1.54) is 22.3 Å². The molecule has 1 rings (SSSR count). The van der Waals surface area contributed by atoms with Crippen LogP contribution in [0, 0.1) is 13.8 Å². The normalized spacial score (nSPS) is 10.3. The van der Waals surface area contributed by atoms with E-state index in [0.717, 1.165) is 6.42 Å². The molecule has 0 aliphatic carbocycles. The van der Waals surface area contributed by atoms with Crippen molar-refractivity contribution in [3.63, 3.8) is 0 Å². The average Bonchev–Trinajstić information content (AvgIpc) is 2.08. The Balaban J connectivity index is 3.18. The van der Waals surface area contributed by atoms with Gasteiger partial charge < -0.3 is 0 Å². The molecule has 0 unspecified atom stereocenters. The Morgan fingerprint density at radius 3 is 2.43 bits per heavy atom. The Bertz CT molecular complexity index is 350. The number of benzene rings is 1. The van der Waals surface area contributed by atoms with Crippen LogP contribution in [-0.4, -0.2) is 5.78 Å². The molecular formula is C13H18O. The number of hydrogen-bond donors (Lipinski definition) is 0. The predicted molar refractivity (Wildman–Crippen MR) is 59.7 cm³/mol. The van der Waals surface area contributed by atoms with Crippen molar-refractivity contribution in [2.24, 2.45) is 0 Å². The molecule has 1 aromatic carbocycles. The summed E-state index contributed by atoms with van der Waals surface area (Å²) in [6.45, 7) is 7.98. The predicted octanol–water partition coefficient (Wildman–Crippen LogP) is 3.00. The molecule has 0 aliphatic rings. The number of hydrogen-bond acceptors (Lipinski definition) is 1. The van der Waals surface area contributed by atoms with Crippen molar-refractivity contribution in [2.75, 3.05) is 0 Å². The smallest absolute Gasteiger partial charge is 0.134 e. The third-order valence-corrected chi connectivity index (χ3v) is 2.52. The van der Waals surface area contributed by atoms with Crippen LogP contribution in [-0.2, 0) is 17.6 Å². The van der Waals surface area contributed by atoms with E-state index in [2.05, 4.69) is 32.9 Å². The standard InChI is InChI=1S/C13H18O/c1-5-12-7-9(2)6-10(3)13(12)8-11(4)14/h6-7H,5,8H2,1-4H3. The summed E-state index contributed by atoms with van der Waals surface area (Å²) >= 11 is 0. The summed E-state index contributed by atoms with van der Waals surface area (Å²) < 4.78 is 0. The van der Waals surface area contributed by atoms with E-state index in [1.807, 2.05) is 0 Å². The largest absolute Gasteiger partial charge is 0.300 e. The second kappa shape index (κ2) is 4.41. The maximum Gasteiger partial charge on any atom is 0.134 e. The molecule has 1 heteroatoms. The van der Waals surface area contributed by atoms with Gasteiger partial charge in [0.2, 0.25) is 0 Å². The van der Waals surface area contributed by atoms with Crippen LogP contribution >= 0.6 is 0 Å². The molecule has 0 amide bonds. The van der Waals surface area contributed by atoms with Crippen molar-refractivity contribution < 1.29 is 4.79 Å². The third-order valence-electron chi connectivity index (χ3n) is 2.52. The van der Waals surface area contributed by atoms with Crippen LogP contribution in [0.4, 0.5) is 0 Å². The van der Waals surface area contributed by atoms with Gasteiger partial charge >= 0.3 is 0 Å². The lowest BCUT2D eigenvalue weighted by atomic mass is 9.94. The van der Waals surface area contributed by atoms with Gasteiger partial charge in [-0.1, -0.05) is 24.6 Å². The van der Waals surface area contributed by atoms with E-state index in [9.17, 15) is 4.79 Å². The fourth-order valence-corrected chi connectivity index (χ4v) is 1.90. The van der Waals surface area contributed by atoms with Crippen LogP contribution in [0.3, 0.4) is 0 Å². The molecular weight excluding hydrogens is 172 g/mol. The van der Waals surface area contributed by atoms with Crippen molar-refractivity contribution in [1.82, 2.24) is 0 Å². The van der Waals surface area contributed by atoms with Gasteiger partial charge in [-0.25, -0.2) is 0 Å². The number of ketones is 1. The molecule has 76 valence electrons. The van der Waals surface area contributed by atoms with Gasteiger partial charge in [0.05, 0.1) is 0 Å². The topological polar surface area (TPSA) is 17.1 Å². The van der Waals surface area contributed by atoms with Gasteiger partial charge in [-0.15, -0.1) is 0 Å². The molecule has 0 heterocycles. The first-order valence-corrected chi connectivity index (χ1v) is 5.13. The van der Waals surface area contributed by atoms with E-state index in [1.54, 1.807) is 6.92 Å². The fraction of sp³-hybridized carbons (Fsp3) is 0.462. The summed E-state index contributed by atoms with van der Waals surface area (Å²) in [5.74, 6) is 0.242. The maximum atomic E-state index is 11.1. The van der Waals surface area contributed by atoms with E-state index in [-0.39, 0.29) is 5.78 Å². The Kier molecular flexibility index (Phi) is 3.45. The van der Waals surface area contributed by atoms with Crippen LogP contribution in [0.5, 0.6) is 0 Å². The molecule has 0 atom stereocenters. The second-order valence-corrected chi connectivity index (χ2v) is 3.95. The molecule has 0 aromatic heterocycles. The Morgan fingerprint density at radius 1 is 1.29 bits per heavy atom. The average molecular weight is 190 g/mol. The summed E-state index contributed by atoms with van der Waals surface area (Å²) in [6.07, 6.45) is 1.58. The Morgan fingerprint density at radius 2 is 1.93 bits per heavy atom. The van der Waals surface area contributed by atoms with Crippen LogP contribution in [0.15, 0.2) is 12.1 Å². The van der Waals surface area contributed by atoms with Gasteiger partial charge in [-0.05, 0) is 43.9 Å². The van der Waals surface area contributed by atoms with E-state index >= 15 is 0 Å². The molecule has 0 N–H and O–H groups in total. The van der Waals surface area contributed by atoms with Gasteiger partial charge in [0.25, 0.3) is 0 Å². The van der Waals surface area contributed by atoms with Crippen molar-refractivity contribution in [3.8, 4) is 0 Å². The Labute approximate surface area is 86.1 Å². The van der Waals surface area contributed by atoms with E-state index in [4.69, 9.17) is 0 Å². The van der Waals surface area contributed by atoms with Crippen molar-refractivity contribution >= 4 is 5.78 Å². The molecule has 0 saturated heterocycles. The summed E-state index contributed by atoms with van der Waals surface area (Å²) in [6, 6.07) is 4.34. The van der Waals surface area contributed by atoms with Crippen molar-refractivity contribution in [2.45, 2.75) is 40.5 Å². The molecule has 0 bridgehead atoms. The molecule has 0 radical (unpaired) electrons. The first-order chi connectivity index (χ1) is 6.54. The molecule has 14 heavy (non-hydrogen) atoms. The van der Waals surface area contributed by atoms with Gasteiger partial charge in [-0.2, -0.15) is 0 Å². The highest BCUT2D eigenvalue weighted by Crippen LogP contribution is 2.18. The molecule has 0 fully saturated rings. The van der Waals surface area contributed by atoms with Gasteiger partial charge in [0.1, 0.15) is 5.78 Å². The lowest BCUT2D eigenvalue weighted by molar-refractivity contribution is -0.116. The summed E-state index contributed by atoms with van der Waals surface area (Å²) in [5.41, 5.74) is 5.08. The van der Waals surface area contributed by atoms with E-state index < -0.39 is 0 Å². The first-order valence-electron chi connectivity index (χ1n) is 5.13. The quantitative estimate of drug-likeness (QED) is 0.716. The number of Topliss-reactive ketones (excluding diaryl/α,β-unsaturated/α-hetero) is 1. The molecule has 0 aliphatic heterocycles. The van der Waals surface area contributed by atoms with Crippen molar-refractivity contribution in [3.05, 3.63) is 34.4 Å². The zero-order chi connectivity index (χ0) is 10.7. The van der Waals surface area contributed by atoms with Crippen LogP contribution in [0.25, 0.3) is 0 Å². The van der Waals surface area contributed by atoms with Crippen LogP contribution in [0.2, 0.25) is 0 Å². The zero-order valence-electron chi connectivity index (χ0n) is 9.48. The van der Waals surface area contributed by atoms with Crippen LogP contribution in [0.1, 0.15) is 36.1 Å². The first kappa shape index (κ1) is 11.0. The number of rotatable bonds is 3. The monoisotopic (exact) mass is 190 g/mol. The minimum absolute atomic E-state index is 0.242. The molecule has 1 nitrogen and oxygen atoms in total. The van der Waals surface area contributed by atoms with Crippen molar-refractivity contribution in [1.29, 1.82) is 0 Å². The summed E-state index contributed by atoms with van der Waals surface area (Å²) in [5, 5.41) is 0. The highest BCUT2D eigenvalue weighted by molar-refractivity contribution is 5.79. The van der Waals surface area contributed by atoms with Gasteiger partial charge in [0, 0.05) is 6.42 Å². The number of aryl methyl sites for hydroxylation is 3. The lowest BCUT2D eigenvalue weighted by Gasteiger charge is -2.11. The molecule has 1 aromatic rings. The van der Waals surface area contributed by atoms with Gasteiger partial charge in [-0.3, -0.25) is 4.79 Å². The summed E-state index contributed by atoms with van der Waals surface area (Å²) in [7, 11) is 0.